The molecule has 0 saturated carbocycles. The molecular formula is C20H35ClN2O4. The molecule has 1 saturated heterocycles. The Bertz CT molecular complexity index is 497. The second-order valence-corrected chi connectivity index (χ2v) is 6.46. The minimum atomic E-state index is -1.08. The fraction of sp³-hybridized carbons (Fsp3) is 0.650. The quantitative estimate of drug-likeness (QED) is 0.497. The largest absolute Gasteiger partial charge is 0.491 e. The number of para-hydroxylation sites is 2. The summed E-state index contributed by atoms with van der Waals surface area (Å²) in [5.41, 5.74) is 0.499. The predicted octanol–water partition coefficient (Wildman–Crippen LogP) is 4.62. The van der Waals surface area contributed by atoms with Gasteiger partial charge >= 0.3 is 6.09 Å². The maximum atomic E-state index is 10.6. The smallest absolute Gasteiger partial charge is 0.409 e. The molecule has 1 aliphatic heterocycles. The second kappa shape index (κ2) is 16.7. The van der Waals surface area contributed by atoms with Gasteiger partial charge in [0, 0.05) is 6.54 Å². The average Bonchev–Trinajstić information content (AvgIpc) is 3.13. The minimum absolute atomic E-state index is 0. The van der Waals surface area contributed by atoms with Crippen LogP contribution < -0.4 is 10.1 Å². The molecule has 3 N–H and O–H groups in total. The minimum Gasteiger partial charge on any atom is -0.491 e. The van der Waals surface area contributed by atoms with Gasteiger partial charge in [0.05, 0.1) is 18.9 Å². The molecule has 2 rings (SSSR count). The first-order valence-corrected chi connectivity index (χ1v) is 9.72. The summed E-state index contributed by atoms with van der Waals surface area (Å²) in [5.74, 6) is 0.593. The van der Waals surface area contributed by atoms with Crippen LogP contribution in [0, 0.1) is 0 Å². The summed E-state index contributed by atoms with van der Waals surface area (Å²) in [7, 11) is 0. The van der Waals surface area contributed by atoms with Crippen LogP contribution in [-0.2, 0) is 0 Å². The van der Waals surface area contributed by atoms with Crippen molar-refractivity contribution in [3.8, 4) is 5.75 Å². The van der Waals surface area contributed by atoms with Crippen molar-refractivity contribution in [2.24, 2.45) is 0 Å². The van der Waals surface area contributed by atoms with E-state index in [4.69, 9.17) is 14.9 Å². The predicted molar refractivity (Wildman–Crippen MR) is 112 cm³/mol. The van der Waals surface area contributed by atoms with Crippen LogP contribution in [0.25, 0.3) is 0 Å². The zero-order valence-corrected chi connectivity index (χ0v) is 17.2. The van der Waals surface area contributed by atoms with Gasteiger partial charge < -0.3 is 19.8 Å². The lowest BCUT2D eigenvalue weighted by atomic mass is 10.2. The van der Waals surface area contributed by atoms with Crippen molar-refractivity contribution in [1.29, 1.82) is 0 Å². The first-order valence-electron chi connectivity index (χ1n) is 9.72. The number of ether oxygens (including phenoxy) is 1. The number of β-amino-alcohol motifs (C(OH)–C–C–N with tert-alkyl or cyclic N) is 1. The van der Waals surface area contributed by atoms with Crippen LogP contribution in [0.5, 0.6) is 5.75 Å². The topological polar surface area (TPSA) is 82.0 Å². The Labute approximate surface area is 169 Å². The number of likely N-dealkylation sites (tertiary alicyclic amines) is 1. The lowest BCUT2D eigenvalue weighted by Crippen LogP contribution is -2.22. The summed E-state index contributed by atoms with van der Waals surface area (Å²) in [6.45, 7) is 6.40. The van der Waals surface area contributed by atoms with E-state index in [0.717, 1.165) is 19.4 Å². The summed E-state index contributed by atoms with van der Waals surface area (Å²) >= 11 is 0. The van der Waals surface area contributed by atoms with Gasteiger partial charge in [0.25, 0.3) is 0 Å². The Kier molecular flexibility index (Phi) is 15.7. The molecule has 156 valence electrons. The molecule has 0 atom stereocenters. The number of hydrogen-bond acceptors (Lipinski definition) is 4. The number of anilines is 1. The van der Waals surface area contributed by atoms with Gasteiger partial charge in [-0.3, -0.25) is 5.32 Å². The van der Waals surface area contributed by atoms with E-state index in [1.54, 1.807) is 18.2 Å². The highest BCUT2D eigenvalue weighted by molar-refractivity contribution is 5.85. The molecule has 1 aliphatic rings. The molecule has 0 aliphatic carbocycles. The van der Waals surface area contributed by atoms with Crippen molar-refractivity contribution >= 4 is 24.2 Å². The third-order valence-electron chi connectivity index (χ3n) is 4.25. The number of aliphatic hydroxyl groups excluding tert-OH is 1. The van der Waals surface area contributed by atoms with E-state index in [9.17, 15) is 4.79 Å². The molecule has 0 radical (unpaired) electrons. The highest BCUT2D eigenvalue weighted by atomic mass is 35.5. The molecule has 27 heavy (non-hydrogen) atoms. The Morgan fingerprint density at radius 3 is 2.44 bits per heavy atom. The van der Waals surface area contributed by atoms with E-state index in [-0.39, 0.29) is 12.4 Å². The van der Waals surface area contributed by atoms with E-state index in [1.807, 2.05) is 6.07 Å². The molecule has 1 aromatic carbocycles. The number of benzene rings is 1. The number of amides is 1. The van der Waals surface area contributed by atoms with E-state index < -0.39 is 6.09 Å². The molecule has 1 amide bonds. The molecule has 0 unspecified atom stereocenters. The number of carbonyl (C=O) groups is 1. The van der Waals surface area contributed by atoms with Gasteiger partial charge in [-0.05, 0) is 44.5 Å². The van der Waals surface area contributed by atoms with Crippen LogP contribution in [0.15, 0.2) is 24.3 Å². The summed E-state index contributed by atoms with van der Waals surface area (Å²) in [5, 5.41) is 19.5. The molecule has 7 heteroatoms. The van der Waals surface area contributed by atoms with Crippen molar-refractivity contribution in [2.45, 2.75) is 51.9 Å². The van der Waals surface area contributed by atoms with Gasteiger partial charge in [0.15, 0.2) is 0 Å². The van der Waals surface area contributed by atoms with Crippen LogP contribution in [0.1, 0.15) is 51.9 Å². The van der Waals surface area contributed by atoms with E-state index in [0.29, 0.717) is 24.7 Å². The zero-order valence-electron chi connectivity index (χ0n) is 16.4. The van der Waals surface area contributed by atoms with Gasteiger partial charge in [-0.1, -0.05) is 44.7 Å². The highest BCUT2D eigenvalue weighted by Crippen LogP contribution is 2.23. The van der Waals surface area contributed by atoms with Gasteiger partial charge in [0.2, 0.25) is 0 Å². The zero-order chi connectivity index (χ0) is 19.0. The Morgan fingerprint density at radius 1 is 1.15 bits per heavy atom. The lowest BCUT2D eigenvalue weighted by molar-refractivity contribution is 0.209. The number of rotatable bonds is 10. The van der Waals surface area contributed by atoms with Crippen molar-refractivity contribution in [3.05, 3.63) is 24.3 Å². The van der Waals surface area contributed by atoms with Gasteiger partial charge in [-0.2, -0.15) is 0 Å². The van der Waals surface area contributed by atoms with Crippen molar-refractivity contribution in [3.63, 3.8) is 0 Å². The Hall–Kier alpha value is -1.50. The second-order valence-electron chi connectivity index (χ2n) is 6.46. The molecule has 0 spiro atoms. The number of hydrogen-bond donors (Lipinski definition) is 3. The number of aliphatic hydroxyl groups is 1. The first kappa shape index (κ1) is 25.5. The van der Waals surface area contributed by atoms with Crippen molar-refractivity contribution in [1.82, 2.24) is 4.90 Å². The third kappa shape index (κ3) is 12.5. The van der Waals surface area contributed by atoms with Crippen molar-refractivity contribution < 1.29 is 19.7 Å². The van der Waals surface area contributed by atoms with Crippen LogP contribution in [0.2, 0.25) is 0 Å². The fourth-order valence-corrected chi connectivity index (χ4v) is 2.85. The highest BCUT2D eigenvalue weighted by Gasteiger charge is 2.09. The molecule has 0 aromatic heterocycles. The summed E-state index contributed by atoms with van der Waals surface area (Å²) in [4.78, 5) is 12.9. The van der Waals surface area contributed by atoms with E-state index in [2.05, 4.69) is 17.1 Å². The molecule has 1 fully saturated rings. The lowest BCUT2D eigenvalue weighted by Gasteiger charge is -2.10. The number of carboxylic acid groups (broad SMARTS) is 1. The number of nitrogens with one attached hydrogen (secondary N) is 1. The Balaban J connectivity index is 0.000000629. The number of unbranched alkanes of at least 4 members (excludes halogenated alkanes) is 4. The van der Waals surface area contributed by atoms with E-state index >= 15 is 0 Å². The van der Waals surface area contributed by atoms with Gasteiger partial charge in [-0.25, -0.2) is 4.79 Å². The molecular weight excluding hydrogens is 368 g/mol. The maximum absolute atomic E-state index is 10.6. The monoisotopic (exact) mass is 402 g/mol. The van der Waals surface area contributed by atoms with Crippen LogP contribution in [0.3, 0.4) is 0 Å². The Morgan fingerprint density at radius 2 is 1.81 bits per heavy atom. The molecule has 0 bridgehead atoms. The molecule has 1 heterocycles. The number of nitrogens with zero attached hydrogens (tertiary/aromatic N) is 1. The fourth-order valence-electron chi connectivity index (χ4n) is 2.85. The van der Waals surface area contributed by atoms with Gasteiger partial charge in [-0.15, -0.1) is 12.4 Å². The standard InChI is InChI=1S/C14H21NO3.C6H13NO.ClH/c1-2-3-4-5-8-11-18-13-10-7-6-9-12(13)15-14(16)17;8-6-5-7-3-1-2-4-7;/h6-7,9-10,15H,2-5,8,11H2,1H3,(H,16,17);8H,1-6H2;1H. The van der Waals surface area contributed by atoms with Crippen molar-refractivity contribution in [2.75, 3.05) is 38.2 Å². The number of halogens is 1. The molecule has 6 nitrogen and oxygen atoms in total. The van der Waals surface area contributed by atoms with Crippen LogP contribution in [0.4, 0.5) is 10.5 Å². The first-order chi connectivity index (χ1) is 12.7. The molecule has 1 aromatic rings. The van der Waals surface area contributed by atoms with E-state index in [1.165, 1.54) is 45.2 Å². The van der Waals surface area contributed by atoms with Gasteiger partial charge in [0.1, 0.15) is 5.75 Å². The average molecular weight is 403 g/mol. The van der Waals surface area contributed by atoms with Crippen LogP contribution in [-0.4, -0.2) is 54.1 Å². The summed E-state index contributed by atoms with van der Waals surface area (Å²) in [6.07, 6.45) is 7.44. The summed E-state index contributed by atoms with van der Waals surface area (Å²) in [6, 6.07) is 7.08. The third-order valence-corrected chi connectivity index (χ3v) is 4.25. The maximum Gasteiger partial charge on any atom is 0.409 e. The normalized spacial score (nSPS) is 13.3. The summed E-state index contributed by atoms with van der Waals surface area (Å²) < 4.78 is 5.59. The SMILES string of the molecule is CCCCCCCOc1ccccc1NC(=O)O.Cl.OCCN1CCCC1. The van der Waals surface area contributed by atoms with Crippen LogP contribution >= 0.6 is 12.4 Å².